The van der Waals surface area contributed by atoms with Crippen molar-refractivity contribution in [2.24, 2.45) is 0 Å². The summed E-state index contributed by atoms with van der Waals surface area (Å²) in [6, 6.07) is 15.4. The molecule has 226 valence electrons. The molecule has 1 unspecified atom stereocenters. The van der Waals surface area contributed by atoms with Crippen molar-refractivity contribution in [3.63, 3.8) is 0 Å². The van der Waals surface area contributed by atoms with E-state index in [0.29, 0.717) is 15.9 Å². The lowest BCUT2D eigenvalue weighted by atomic mass is 10.1. The first kappa shape index (κ1) is 32.9. The van der Waals surface area contributed by atoms with Gasteiger partial charge in [-0.1, -0.05) is 59.6 Å². The Kier molecular flexibility index (Phi) is 10.00. The van der Waals surface area contributed by atoms with Crippen LogP contribution in [0.3, 0.4) is 0 Å². The number of carbonyl (C=O) groups excluding carboxylic acids is 2. The molecule has 0 aliphatic rings. The lowest BCUT2D eigenvalue weighted by molar-refractivity contribution is -0.140. The molecular formula is C30H33ClF3N3O4S. The van der Waals surface area contributed by atoms with Crippen LogP contribution in [0.5, 0.6) is 0 Å². The Morgan fingerprint density at radius 1 is 0.952 bits per heavy atom. The molecule has 0 aliphatic heterocycles. The Bertz CT molecular complexity index is 1540. The van der Waals surface area contributed by atoms with Gasteiger partial charge in [0.2, 0.25) is 11.8 Å². The van der Waals surface area contributed by atoms with Gasteiger partial charge in [-0.3, -0.25) is 13.9 Å². The standard InChI is InChI=1S/C30H33ClF3N3O4S/c1-20-10-9-11-22(16-20)18-36(21(2)28(39)35-29(3,4)5)27(38)19-37(42(40,41)24-12-7-6-8-13-24)26-17-23(30(32,33)34)14-15-25(26)31/h6-17,21H,18-19H2,1-5H3,(H,35,39). The molecule has 0 aliphatic carbocycles. The van der Waals surface area contributed by atoms with Gasteiger partial charge in [-0.15, -0.1) is 0 Å². The quantitative estimate of drug-likeness (QED) is 0.308. The van der Waals surface area contributed by atoms with E-state index in [-0.39, 0.29) is 16.5 Å². The minimum Gasteiger partial charge on any atom is -0.350 e. The molecule has 0 radical (unpaired) electrons. The van der Waals surface area contributed by atoms with E-state index in [1.165, 1.54) is 36.1 Å². The van der Waals surface area contributed by atoms with Gasteiger partial charge in [0.1, 0.15) is 12.6 Å². The number of alkyl halides is 3. The van der Waals surface area contributed by atoms with Crippen molar-refractivity contribution < 1.29 is 31.2 Å². The lowest BCUT2D eigenvalue weighted by Gasteiger charge is -2.33. The van der Waals surface area contributed by atoms with Crippen LogP contribution in [0.25, 0.3) is 0 Å². The van der Waals surface area contributed by atoms with Gasteiger partial charge in [0, 0.05) is 12.1 Å². The largest absolute Gasteiger partial charge is 0.416 e. The van der Waals surface area contributed by atoms with Gasteiger partial charge in [-0.25, -0.2) is 8.42 Å². The summed E-state index contributed by atoms with van der Waals surface area (Å²) < 4.78 is 69.2. The fourth-order valence-corrected chi connectivity index (χ4v) is 5.89. The molecule has 0 aromatic heterocycles. The average molecular weight is 624 g/mol. The van der Waals surface area contributed by atoms with Crippen molar-refractivity contribution in [3.8, 4) is 0 Å². The van der Waals surface area contributed by atoms with Crippen molar-refractivity contribution in [1.82, 2.24) is 10.2 Å². The van der Waals surface area contributed by atoms with Gasteiger partial charge >= 0.3 is 6.18 Å². The van der Waals surface area contributed by atoms with Crippen LogP contribution < -0.4 is 9.62 Å². The Labute approximate surface area is 249 Å². The second-order valence-electron chi connectivity index (χ2n) is 10.9. The molecule has 3 rings (SSSR count). The number of anilines is 1. The van der Waals surface area contributed by atoms with Crippen molar-refractivity contribution in [1.29, 1.82) is 0 Å². The molecule has 0 bridgehead atoms. The number of nitrogens with one attached hydrogen (secondary N) is 1. The summed E-state index contributed by atoms with van der Waals surface area (Å²) in [5, 5.41) is 2.51. The monoisotopic (exact) mass is 623 g/mol. The highest BCUT2D eigenvalue weighted by atomic mass is 35.5. The van der Waals surface area contributed by atoms with Crippen LogP contribution in [-0.4, -0.2) is 43.3 Å². The first-order valence-corrected chi connectivity index (χ1v) is 14.8. The Balaban J connectivity index is 2.14. The normalized spacial score (nSPS) is 12.9. The summed E-state index contributed by atoms with van der Waals surface area (Å²) in [6.07, 6.45) is -4.80. The second-order valence-corrected chi connectivity index (χ2v) is 13.2. The van der Waals surface area contributed by atoms with Gasteiger partial charge < -0.3 is 10.2 Å². The van der Waals surface area contributed by atoms with Gasteiger partial charge in [0.25, 0.3) is 10.0 Å². The van der Waals surface area contributed by atoms with E-state index in [1.807, 2.05) is 19.1 Å². The third-order valence-electron chi connectivity index (χ3n) is 6.25. The number of hydrogen-bond acceptors (Lipinski definition) is 4. The highest BCUT2D eigenvalue weighted by molar-refractivity contribution is 7.92. The number of benzene rings is 3. The molecule has 12 heteroatoms. The maximum atomic E-state index is 14.0. The zero-order chi connectivity index (χ0) is 31.5. The number of halogens is 4. The van der Waals surface area contributed by atoms with E-state index in [2.05, 4.69) is 5.32 Å². The molecule has 3 aromatic carbocycles. The zero-order valence-electron chi connectivity index (χ0n) is 23.9. The smallest absolute Gasteiger partial charge is 0.350 e. The predicted molar refractivity (Wildman–Crippen MR) is 157 cm³/mol. The number of rotatable bonds is 9. The van der Waals surface area contributed by atoms with Crippen LogP contribution in [0, 0.1) is 6.92 Å². The molecular weight excluding hydrogens is 591 g/mol. The topological polar surface area (TPSA) is 86.8 Å². The van der Waals surface area contributed by atoms with Crippen LogP contribution in [0.15, 0.2) is 77.7 Å². The van der Waals surface area contributed by atoms with Gasteiger partial charge in [-0.05, 0) is 70.5 Å². The van der Waals surface area contributed by atoms with Crippen molar-refractivity contribution >= 4 is 39.1 Å². The van der Waals surface area contributed by atoms with Crippen molar-refractivity contribution in [3.05, 3.63) is 94.5 Å². The molecule has 0 heterocycles. The first-order chi connectivity index (χ1) is 19.4. The van der Waals surface area contributed by atoms with Crippen LogP contribution in [0.2, 0.25) is 5.02 Å². The average Bonchev–Trinajstić information content (AvgIpc) is 2.89. The minimum absolute atomic E-state index is 0.0607. The molecule has 0 saturated heterocycles. The Morgan fingerprint density at radius 3 is 2.17 bits per heavy atom. The zero-order valence-corrected chi connectivity index (χ0v) is 25.4. The van der Waals surface area contributed by atoms with E-state index in [0.717, 1.165) is 17.7 Å². The molecule has 2 amide bonds. The number of amides is 2. The Hall–Kier alpha value is -3.57. The SMILES string of the molecule is Cc1cccc(CN(C(=O)CN(c2cc(C(F)(F)F)ccc2Cl)S(=O)(=O)c2ccccc2)C(C)C(=O)NC(C)(C)C)c1. The number of carbonyl (C=O) groups is 2. The van der Waals surface area contributed by atoms with E-state index in [1.54, 1.807) is 39.0 Å². The molecule has 0 fully saturated rings. The summed E-state index contributed by atoms with van der Waals surface area (Å²) in [5.74, 6) is -1.31. The molecule has 0 saturated carbocycles. The van der Waals surface area contributed by atoms with E-state index < -0.39 is 57.4 Å². The maximum Gasteiger partial charge on any atom is 0.416 e. The summed E-state index contributed by atoms with van der Waals surface area (Å²) in [5.41, 5.74) is -0.718. The molecule has 0 spiro atoms. The van der Waals surface area contributed by atoms with Gasteiger partial charge in [-0.2, -0.15) is 13.2 Å². The summed E-state index contributed by atoms with van der Waals surface area (Å²) in [7, 11) is -4.59. The second kappa shape index (κ2) is 12.7. The summed E-state index contributed by atoms with van der Waals surface area (Å²) >= 11 is 6.27. The van der Waals surface area contributed by atoms with Crippen molar-refractivity contribution in [2.75, 3.05) is 10.8 Å². The minimum atomic E-state index is -4.80. The Morgan fingerprint density at radius 2 is 1.60 bits per heavy atom. The molecule has 3 aromatic rings. The lowest BCUT2D eigenvalue weighted by Crippen LogP contribution is -2.54. The first-order valence-electron chi connectivity index (χ1n) is 13.0. The number of nitrogens with zero attached hydrogens (tertiary/aromatic N) is 2. The predicted octanol–water partition coefficient (Wildman–Crippen LogP) is 6.19. The van der Waals surface area contributed by atoms with E-state index in [9.17, 15) is 31.2 Å². The van der Waals surface area contributed by atoms with E-state index >= 15 is 0 Å². The summed E-state index contributed by atoms with van der Waals surface area (Å²) in [6.45, 7) is 7.69. The van der Waals surface area contributed by atoms with Crippen LogP contribution in [0.1, 0.15) is 44.4 Å². The number of hydrogen-bond donors (Lipinski definition) is 1. The van der Waals surface area contributed by atoms with Crippen molar-refractivity contribution in [2.45, 2.75) is 63.8 Å². The van der Waals surface area contributed by atoms with Crippen LogP contribution in [-0.2, 0) is 32.3 Å². The highest BCUT2D eigenvalue weighted by Gasteiger charge is 2.36. The number of sulfonamides is 1. The third-order valence-corrected chi connectivity index (χ3v) is 8.35. The van der Waals surface area contributed by atoms with Gasteiger partial charge in [0.15, 0.2) is 0 Å². The molecule has 42 heavy (non-hydrogen) atoms. The van der Waals surface area contributed by atoms with Crippen LogP contribution in [0.4, 0.5) is 18.9 Å². The van der Waals surface area contributed by atoms with E-state index in [4.69, 9.17) is 11.6 Å². The fraction of sp³-hybridized carbons (Fsp3) is 0.333. The highest BCUT2D eigenvalue weighted by Crippen LogP contribution is 2.37. The number of aryl methyl sites for hydroxylation is 1. The molecule has 1 N–H and O–H groups in total. The third kappa shape index (κ3) is 8.25. The summed E-state index contributed by atoms with van der Waals surface area (Å²) in [4.78, 5) is 28.1. The maximum absolute atomic E-state index is 14.0. The molecule has 7 nitrogen and oxygen atoms in total. The fourth-order valence-electron chi connectivity index (χ4n) is 4.18. The molecule has 1 atom stereocenters. The van der Waals surface area contributed by atoms with Crippen LogP contribution >= 0.6 is 11.6 Å². The van der Waals surface area contributed by atoms with Gasteiger partial charge in [0.05, 0.1) is 21.2 Å².